The Labute approximate surface area is 179 Å². The molecule has 2 aromatic carbocycles. The van der Waals surface area contributed by atoms with Gasteiger partial charge in [0.05, 0.1) is 17.1 Å². The Morgan fingerprint density at radius 2 is 1.67 bits per heavy atom. The molecule has 0 saturated carbocycles. The van der Waals surface area contributed by atoms with Crippen molar-refractivity contribution in [2.75, 3.05) is 17.7 Å². The van der Waals surface area contributed by atoms with Crippen molar-refractivity contribution in [1.82, 2.24) is 5.32 Å². The number of benzene rings is 2. The molecule has 0 aliphatic carbocycles. The second kappa shape index (κ2) is 9.82. The Bertz CT molecular complexity index is 873. The molecule has 0 atom stereocenters. The van der Waals surface area contributed by atoms with Crippen LogP contribution in [0.3, 0.4) is 0 Å². The Morgan fingerprint density at radius 3 is 2.22 bits per heavy atom. The fourth-order valence-corrected chi connectivity index (χ4v) is 3.77. The molecule has 142 valence electrons. The molecule has 2 rings (SSSR count). The van der Waals surface area contributed by atoms with Crippen molar-refractivity contribution in [3.05, 3.63) is 50.9 Å². The van der Waals surface area contributed by atoms with Gasteiger partial charge in [-0.2, -0.15) is 0 Å². The molecule has 9 heteroatoms. The molecule has 2 aromatic rings. The van der Waals surface area contributed by atoms with E-state index in [0.29, 0.717) is 33.6 Å². The van der Waals surface area contributed by atoms with Gasteiger partial charge in [-0.25, -0.2) is 0 Å². The van der Waals surface area contributed by atoms with Crippen LogP contribution in [0.25, 0.3) is 0 Å². The normalized spacial score (nSPS) is 10.1. The monoisotopic (exact) mass is 513 g/mol. The van der Waals surface area contributed by atoms with Crippen molar-refractivity contribution in [1.29, 1.82) is 0 Å². The minimum absolute atomic E-state index is 0.162. The zero-order valence-electron chi connectivity index (χ0n) is 14.6. The molecule has 0 spiro atoms. The third-order valence-corrected chi connectivity index (χ3v) is 4.68. The third-order valence-electron chi connectivity index (χ3n) is 3.43. The van der Waals surface area contributed by atoms with E-state index in [1.807, 2.05) is 0 Å². The molecular weight excluding hydrogens is 498 g/mol. The smallest absolute Gasteiger partial charge is 0.259 e. The van der Waals surface area contributed by atoms with E-state index in [1.165, 1.54) is 7.11 Å². The number of carbonyl (C=O) groups is 2. The number of amides is 2. The number of methoxy groups -OCH3 is 1. The Morgan fingerprint density at radius 1 is 1.07 bits per heavy atom. The van der Waals surface area contributed by atoms with Crippen LogP contribution in [-0.2, 0) is 4.79 Å². The van der Waals surface area contributed by atoms with Gasteiger partial charge in [-0.05, 0) is 64.5 Å². The molecule has 6 nitrogen and oxygen atoms in total. The van der Waals surface area contributed by atoms with Crippen LogP contribution >= 0.6 is 44.1 Å². The third kappa shape index (κ3) is 6.02. The number of hydrogen-bond donors (Lipinski definition) is 3. The summed E-state index contributed by atoms with van der Waals surface area (Å²) >= 11 is 11.8. The van der Waals surface area contributed by atoms with Crippen LogP contribution in [0.4, 0.5) is 11.4 Å². The van der Waals surface area contributed by atoms with Crippen molar-refractivity contribution < 1.29 is 14.3 Å². The highest BCUT2D eigenvalue weighted by atomic mass is 79.9. The topological polar surface area (TPSA) is 79.5 Å². The molecule has 2 amide bonds. The molecule has 0 radical (unpaired) electrons. The number of thiocarbonyl (C=S) groups is 1. The first-order chi connectivity index (χ1) is 12.8. The van der Waals surface area contributed by atoms with Crippen LogP contribution in [0.1, 0.15) is 23.7 Å². The standard InChI is InChI=1S/C18H17Br2N3O3S/c1-3-15(24)23-18(27)22-12-6-4-11(5-7-12)21-17(25)13-8-10(19)9-14(20)16(13)26-2/h4-9H,3H2,1-2H3,(H,21,25)(H2,22,23,24,27). The lowest BCUT2D eigenvalue weighted by Gasteiger charge is -2.13. The molecule has 27 heavy (non-hydrogen) atoms. The minimum Gasteiger partial charge on any atom is -0.495 e. The van der Waals surface area contributed by atoms with E-state index in [1.54, 1.807) is 43.3 Å². The minimum atomic E-state index is -0.305. The summed E-state index contributed by atoms with van der Waals surface area (Å²) < 4.78 is 6.73. The molecule has 3 N–H and O–H groups in total. The molecule has 0 fully saturated rings. The van der Waals surface area contributed by atoms with E-state index in [-0.39, 0.29) is 16.9 Å². The summed E-state index contributed by atoms with van der Waals surface area (Å²) in [5.41, 5.74) is 1.69. The van der Waals surface area contributed by atoms with Crippen molar-refractivity contribution >= 4 is 72.4 Å². The van der Waals surface area contributed by atoms with E-state index < -0.39 is 0 Å². The van der Waals surface area contributed by atoms with Gasteiger partial charge in [0.25, 0.3) is 5.91 Å². The van der Waals surface area contributed by atoms with Gasteiger partial charge in [0.1, 0.15) is 5.75 Å². The lowest BCUT2D eigenvalue weighted by Crippen LogP contribution is -2.33. The van der Waals surface area contributed by atoms with Crippen molar-refractivity contribution in [3.63, 3.8) is 0 Å². The zero-order valence-corrected chi connectivity index (χ0v) is 18.5. The van der Waals surface area contributed by atoms with Crippen LogP contribution in [0, 0.1) is 0 Å². The van der Waals surface area contributed by atoms with Crippen LogP contribution in [0.5, 0.6) is 5.75 Å². The summed E-state index contributed by atoms with van der Waals surface area (Å²) in [6, 6.07) is 10.4. The fourth-order valence-electron chi connectivity index (χ4n) is 2.15. The number of ether oxygens (including phenoxy) is 1. The number of anilines is 2. The van der Waals surface area contributed by atoms with E-state index in [2.05, 4.69) is 47.8 Å². The first-order valence-corrected chi connectivity index (χ1v) is 9.88. The summed E-state index contributed by atoms with van der Waals surface area (Å²) in [6.45, 7) is 1.74. The quantitative estimate of drug-likeness (QED) is 0.504. The average molecular weight is 515 g/mol. The SMILES string of the molecule is CCC(=O)NC(=S)Nc1ccc(NC(=O)c2cc(Br)cc(Br)c2OC)cc1. The Balaban J connectivity index is 2.07. The zero-order chi connectivity index (χ0) is 20.0. The van der Waals surface area contributed by atoms with E-state index in [9.17, 15) is 9.59 Å². The van der Waals surface area contributed by atoms with Gasteiger partial charge in [-0.3, -0.25) is 9.59 Å². The Hall–Kier alpha value is -1.97. The predicted octanol–water partition coefficient (Wildman–Crippen LogP) is 4.70. The number of carbonyl (C=O) groups excluding carboxylic acids is 2. The second-order valence-corrected chi connectivity index (χ2v) is 7.53. The van der Waals surface area contributed by atoms with E-state index in [0.717, 1.165) is 4.47 Å². The lowest BCUT2D eigenvalue weighted by atomic mass is 10.2. The average Bonchev–Trinajstić information content (AvgIpc) is 2.62. The highest BCUT2D eigenvalue weighted by Crippen LogP contribution is 2.33. The fraction of sp³-hybridized carbons (Fsp3) is 0.167. The summed E-state index contributed by atoms with van der Waals surface area (Å²) in [7, 11) is 1.51. The van der Waals surface area contributed by atoms with Crippen molar-refractivity contribution in [3.8, 4) is 5.75 Å². The first kappa shape index (κ1) is 21.3. The van der Waals surface area contributed by atoms with Gasteiger partial charge < -0.3 is 20.7 Å². The molecule has 0 aliphatic heterocycles. The Kier molecular flexibility index (Phi) is 7.76. The van der Waals surface area contributed by atoms with E-state index >= 15 is 0 Å². The van der Waals surface area contributed by atoms with Gasteiger partial charge in [0.15, 0.2) is 5.11 Å². The van der Waals surface area contributed by atoms with Crippen molar-refractivity contribution in [2.45, 2.75) is 13.3 Å². The molecule has 0 saturated heterocycles. The molecule has 0 aromatic heterocycles. The van der Waals surface area contributed by atoms with Gasteiger partial charge in [0, 0.05) is 22.3 Å². The van der Waals surface area contributed by atoms with E-state index in [4.69, 9.17) is 17.0 Å². The summed E-state index contributed by atoms with van der Waals surface area (Å²) in [5.74, 6) is -0.0168. The molecule has 0 bridgehead atoms. The van der Waals surface area contributed by atoms with Gasteiger partial charge in [-0.1, -0.05) is 22.9 Å². The van der Waals surface area contributed by atoms with Gasteiger partial charge in [0.2, 0.25) is 5.91 Å². The van der Waals surface area contributed by atoms with Crippen LogP contribution in [0.2, 0.25) is 0 Å². The lowest BCUT2D eigenvalue weighted by molar-refractivity contribution is -0.119. The van der Waals surface area contributed by atoms with Gasteiger partial charge >= 0.3 is 0 Å². The second-order valence-electron chi connectivity index (χ2n) is 5.36. The first-order valence-electron chi connectivity index (χ1n) is 7.89. The van der Waals surface area contributed by atoms with Crippen LogP contribution in [0.15, 0.2) is 45.3 Å². The maximum atomic E-state index is 12.6. The highest BCUT2D eigenvalue weighted by Gasteiger charge is 2.16. The summed E-state index contributed by atoms with van der Waals surface area (Å²) in [6.07, 6.45) is 0.349. The highest BCUT2D eigenvalue weighted by molar-refractivity contribution is 9.11. The molecule has 0 unspecified atom stereocenters. The maximum Gasteiger partial charge on any atom is 0.259 e. The van der Waals surface area contributed by atoms with Crippen LogP contribution in [-0.4, -0.2) is 24.0 Å². The molecule has 0 heterocycles. The number of rotatable bonds is 5. The largest absolute Gasteiger partial charge is 0.495 e. The molecular formula is C18H17Br2N3O3S. The van der Waals surface area contributed by atoms with Crippen LogP contribution < -0.4 is 20.7 Å². The van der Waals surface area contributed by atoms with Gasteiger partial charge in [-0.15, -0.1) is 0 Å². The predicted molar refractivity (Wildman–Crippen MR) is 117 cm³/mol. The number of halogens is 2. The van der Waals surface area contributed by atoms with Crippen molar-refractivity contribution in [2.24, 2.45) is 0 Å². The summed E-state index contributed by atoms with van der Waals surface area (Å²) in [5, 5.41) is 8.51. The molecule has 0 aliphatic rings. The maximum absolute atomic E-state index is 12.6. The number of nitrogens with one attached hydrogen (secondary N) is 3. The number of hydrogen-bond acceptors (Lipinski definition) is 4. The summed E-state index contributed by atoms with van der Waals surface area (Å²) in [4.78, 5) is 23.9.